The summed E-state index contributed by atoms with van der Waals surface area (Å²) >= 11 is 1.17. The van der Waals surface area contributed by atoms with Crippen molar-refractivity contribution >= 4 is 33.4 Å². The monoisotopic (exact) mass is 433 g/mol. The molecule has 1 fully saturated rings. The fourth-order valence-electron chi connectivity index (χ4n) is 3.29. The zero-order valence-electron chi connectivity index (χ0n) is 15.5. The minimum atomic E-state index is -4.74. The minimum absolute atomic E-state index is 0.180. The number of H-pyrrole nitrogens is 1. The van der Waals surface area contributed by atoms with Crippen LogP contribution in [0.15, 0.2) is 24.5 Å². The smallest absolute Gasteiger partial charge is 0.345 e. The van der Waals surface area contributed by atoms with Gasteiger partial charge in [-0.1, -0.05) is 5.21 Å². The van der Waals surface area contributed by atoms with Gasteiger partial charge in [0.25, 0.3) is 5.91 Å². The summed E-state index contributed by atoms with van der Waals surface area (Å²) < 4.78 is 41.4. The number of aromatic amines is 1. The van der Waals surface area contributed by atoms with Crippen LogP contribution in [-0.2, 0) is 6.18 Å². The highest BCUT2D eigenvalue weighted by Gasteiger charge is 2.44. The van der Waals surface area contributed by atoms with Gasteiger partial charge in [-0.25, -0.2) is 14.6 Å². The van der Waals surface area contributed by atoms with Gasteiger partial charge in [-0.15, -0.1) is 16.4 Å². The molecule has 12 heteroatoms. The van der Waals surface area contributed by atoms with Gasteiger partial charge in [0.2, 0.25) is 0 Å². The highest BCUT2D eigenvalue weighted by Crippen LogP contribution is 2.41. The number of nitrogens with zero attached hydrogens (tertiary/aromatic N) is 5. The number of halogens is 3. The first-order valence-corrected chi connectivity index (χ1v) is 9.88. The second kappa shape index (κ2) is 6.62. The first kappa shape index (κ1) is 18.7. The number of carbonyl (C=O) groups is 1. The molecule has 2 N–H and O–H groups in total. The quantitative estimate of drug-likeness (QED) is 0.503. The van der Waals surface area contributed by atoms with Crippen LogP contribution in [0.3, 0.4) is 0 Å². The number of hydrogen-bond acceptors (Lipinski definition) is 6. The number of fused-ring (bicyclic) bond motifs is 1. The number of rotatable bonds is 4. The fourth-order valence-corrected chi connectivity index (χ4v) is 4.12. The minimum Gasteiger partial charge on any atom is -0.345 e. The Morgan fingerprint density at radius 3 is 2.90 bits per heavy atom. The van der Waals surface area contributed by atoms with Crippen molar-refractivity contribution in [2.45, 2.75) is 32.0 Å². The van der Waals surface area contributed by atoms with Gasteiger partial charge in [0.1, 0.15) is 5.65 Å². The van der Waals surface area contributed by atoms with Gasteiger partial charge in [-0.05, 0) is 31.9 Å². The van der Waals surface area contributed by atoms with Crippen LogP contribution in [0, 0.1) is 6.92 Å². The van der Waals surface area contributed by atoms with E-state index >= 15 is 0 Å². The average Bonchev–Trinajstić information content (AvgIpc) is 3.12. The van der Waals surface area contributed by atoms with Crippen molar-refractivity contribution in [3.05, 3.63) is 40.8 Å². The largest absolute Gasteiger partial charge is 0.435 e. The zero-order chi connectivity index (χ0) is 21.0. The molecule has 0 aliphatic heterocycles. The molecule has 0 unspecified atom stereocenters. The summed E-state index contributed by atoms with van der Waals surface area (Å²) in [6.07, 6.45) is -0.146. The van der Waals surface area contributed by atoms with E-state index in [9.17, 15) is 18.0 Å². The maximum absolute atomic E-state index is 13.5. The summed E-state index contributed by atoms with van der Waals surface area (Å²) in [7, 11) is 0. The van der Waals surface area contributed by atoms with Crippen LogP contribution in [0.1, 0.15) is 39.9 Å². The topological polar surface area (TPSA) is 101 Å². The number of thiazole rings is 1. The first-order valence-electron chi connectivity index (χ1n) is 9.06. The molecule has 4 aromatic rings. The lowest BCUT2D eigenvalue weighted by Gasteiger charge is -2.10. The lowest BCUT2D eigenvalue weighted by molar-refractivity contribution is -0.144. The molecular formula is C18H14F3N7OS. The van der Waals surface area contributed by atoms with Gasteiger partial charge in [-0.2, -0.15) is 13.2 Å². The van der Waals surface area contributed by atoms with E-state index in [4.69, 9.17) is 0 Å². The van der Waals surface area contributed by atoms with Gasteiger partial charge >= 0.3 is 6.18 Å². The van der Waals surface area contributed by atoms with Gasteiger partial charge in [0.15, 0.2) is 16.5 Å². The van der Waals surface area contributed by atoms with Gasteiger partial charge < -0.3 is 4.98 Å². The molecule has 4 aromatic heterocycles. The number of aromatic nitrogens is 6. The number of anilines is 1. The van der Waals surface area contributed by atoms with Gasteiger partial charge in [0.05, 0.1) is 11.7 Å². The van der Waals surface area contributed by atoms with Crippen molar-refractivity contribution in [1.29, 1.82) is 0 Å². The van der Waals surface area contributed by atoms with E-state index in [-0.39, 0.29) is 11.2 Å². The SMILES string of the molecule is Cc1sc(NC(=O)c2nnn(C3CC3)c2C(F)(F)F)nc1-c1c[nH]c2ncccc12. The average molecular weight is 433 g/mol. The molecule has 0 aromatic carbocycles. The number of nitrogens with one attached hydrogen (secondary N) is 2. The second-order valence-electron chi connectivity index (χ2n) is 6.94. The van der Waals surface area contributed by atoms with E-state index in [1.165, 1.54) is 11.3 Å². The molecule has 1 aliphatic carbocycles. The van der Waals surface area contributed by atoms with Crippen LogP contribution in [0.2, 0.25) is 0 Å². The van der Waals surface area contributed by atoms with Crippen molar-refractivity contribution in [1.82, 2.24) is 29.9 Å². The van der Waals surface area contributed by atoms with Gasteiger partial charge in [0, 0.05) is 28.2 Å². The van der Waals surface area contributed by atoms with Crippen molar-refractivity contribution in [3.63, 3.8) is 0 Å². The van der Waals surface area contributed by atoms with Crippen LogP contribution in [0.4, 0.5) is 18.3 Å². The molecule has 0 saturated heterocycles. The van der Waals surface area contributed by atoms with E-state index < -0.39 is 23.5 Å². The maximum atomic E-state index is 13.5. The fraction of sp³-hybridized carbons (Fsp3) is 0.278. The summed E-state index contributed by atoms with van der Waals surface area (Å²) in [6.45, 7) is 1.82. The lowest BCUT2D eigenvalue weighted by Crippen LogP contribution is -2.21. The summed E-state index contributed by atoms with van der Waals surface area (Å²) in [4.78, 5) is 25.1. The van der Waals surface area contributed by atoms with E-state index in [1.54, 1.807) is 18.5 Å². The molecule has 1 aliphatic rings. The molecule has 5 rings (SSSR count). The van der Waals surface area contributed by atoms with Crippen molar-refractivity contribution in [2.24, 2.45) is 0 Å². The molecule has 1 saturated carbocycles. The Morgan fingerprint density at radius 2 is 2.17 bits per heavy atom. The van der Waals surface area contributed by atoms with E-state index in [0.717, 1.165) is 20.5 Å². The van der Waals surface area contributed by atoms with E-state index in [0.29, 0.717) is 24.2 Å². The molecule has 1 amide bonds. The normalized spacial score (nSPS) is 14.4. The molecule has 154 valence electrons. The standard InChI is InChI=1S/C18H14F3N7OS/c1-8-12(11-7-23-15-10(11)3-2-6-22-15)24-17(30-8)25-16(29)13-14(18(19,20)21)28(27-26-13)9-4-5-9/h2-3,6-7,9H,4-5H2,1H3,(H,22,23)(H,24,25,29). The van der Waals surface area contributed by atoms with Crippen molar-refractivity contribution in [2.75, 3.05) is 5.32 Å². The Labute approximate surface area is 171 Å². The third kappa shape index (κ3) is 3.12. The summed E-state index contributed by atoms with van der Waals surface area (Å²) in [5, 5.41) is 10.5. The first-order chi connectivity index (χ1) is 14.3. The molecule has 0 atom stereocenters. The van der Waals surface area contributed by atoms with Crippen LogP contribution >= 0.6 is 11.3 Å². The number of amides is 1. The molecule has 0 bridgehead atoms. The Hall–Kier alpha value is -3.28. The Kier molecular flexibility index (Phi) is 4.13. The zero-order valence-corrected chi connectivity index (χ0v) is 16.3. The third-order valence-electron chi connectivity index (χ3n) is 4.79. The number of hydrogen-bond donors (Lipinski definition) is 2. The molecule has 4 heterocycles. The van der Waals surface area contributed by atoms with Crippen molar-refractivity contribution in [3.8, 4) is 11.3 Å². The highest BCUT2D eigenvalue weighted by atomic mass is 32.1. The molecule has 0 spiro atoms. The second-order valence-corrected chi connectivity index (χ2v) is 8.14. The maximum Gasteiger partial charge on any atom is 0.435 e. The van der Waals surface area contributed by atoms with Crippen LogP contribution in [0.5, 0.6) is 0 Å². The predicted molar refractivity (Wildman–Crippen MR) is 103 cm³/mol. The van der Waals surface area contributed by atoms with E-state index in [1.807, 2.05) is 13.0 Å². The molecular weight excluding hydrogens is 419 g/mol. The highest BCUT2D eigenvalue weighted by molar-refractivity contribution is 7.16. The predicted octanol–water partition coefficient (Wildman–Crippen LogP) is 4.19. The van der Waals surface area contributed by atoms with Gasteiger partial charge in [-0.3, -0.25) is 10.1 Å². The number of pyridine rings is 1. The van der Waals surface area contributed by atoms with Crippen LogP contribution in [-0.4, -0.2) is 35.9 Å². The summed E-state index contributed by atoms with van der Waals surface area (Å²) in [5.41, 5.74) is 0.228. The number of carbonyl (C=O) groups excluding carboxylic acids is 1. The molecule has 8 nitrogen and oxygen atoms in total. The Balaban J connectivity index is 1.46. The van der Waals surface area contributed by atoms with Crippen LogP contribution < -0.4 is 5.32 Å². The summed E-state index contributed by atoms with van der Waals surface area (Å²) in [5.74, 6) is -0.991. The number of aryl methyl sites for hydroxylation is 1. The lowest BCUT2D eigenvalue weighted by atomic mass is 10.1. The summed E-state index contributed by atoms with van der Waals surface area (Å²) in [6, 6.07) is 3.32. The third-order valence-corrected chi connectivity index (χ3v) is 5.68. The van der Waals surface area contributed by atoms with Crippen LogP contribution in [0.25, 0.3) is 22.3 Å². The van der Waals surface area contributed by atoms with Crippen molar-refractivity contribution < 1.29 is 18.0 Å². The molecule has 30 heavy (non-hydrogen) atoms. The molecule has 0 radical (unpaired) electrons. The Morgan fingerprint density at radius 1 is 1.37 bits per heavy atom. The van der Waals surface area contributed by atoms with E-state index in [2.05, 4.69) is 30.6 Å². The Bertz CT molecular complexity index is 1270. The number of alkyl halides is 3.